The quantitative estimate of drug-likeness (QED) is 0.538. The Morgan fingerprint density at radius 1 is 1.12 bits per heavy atom. The number of hydrogen-bond acceptors (Lipinski definition) is 5. The average Bonchev–Trinajstić information content (AvgIpc) is 3.28. The summed E-state index contributed by atoms with van der Waals surface area (Å²) in [4.78, 5) is 2.99. The monoisotopic (exact) mass is 408 g/mol. The van der Waals surface area contributed by atoms with Crippen LogP contribution in [0.25, 0.3) is 16.6 Å². The van der Waals surface area contributed by atoms with Gasteiger partial charge >= 0.3 is 0 Å². The molecular formula is C15H10Cl2N6O2S. The first kappa shape index (κ1) is 16.8. The van der Waals surface area contributed by atoms with Crippen molar-refractivity contribution < 1.29 is 8.42 Å². The number of hydrogen-bond donors (Lipinski definition) is 2. The smallest absolute Gasteiger partial charge is 0.262 e. The van der Waals surface area contributed by atoms with Crippen LogP contribution in [0.4, 0.5) is 5.69 Å². The molecule has 0 saturated carbocycles. The molecule has 0 aliphatic rings. The molecule has 11 heteroatoms. The average molecular weight is 409 g/mol. The summed E-state index contributed by atoms with van der Waals surface area (Å²) in [7, 11) is -3.86. The van der Waals surface area contributed by atoms with Crippen LogP contribution in [0, 0.1) is 0 Å². The number of tetrazole rings is 1. The zero-order chi connectivity index (χ0) is 18.3. The van der Waals surface area contributed by atoms with E-state index in [2.05, 4.69) is 25.2 Å². The minimum atomic E-state index is -3.86. The summed E-state index contributed by atoms with van der Waals surface area (Å²) in [5, 5.41) is 12.2. The number of aromatic amines is 1. The van der Waals surface area contributed by atoms with Crippen LogP contribution in [0.2, 0.25) is 10.0 Å². The molecule has 0 spiro atoms. The van der Waals surface area contributed by atoms with E-state index in [-0.39, 0.29) is 4.90 Å². The van der Waals surface area contributed by atoms with Crippen LogP contribution < -0.4 is 4.72 Å². The van der Waals surface area contributed by atoms with Crippen molar-refractivity contribution in [3.8, 4) is 5.69 Å². The van der Waals surface area contributed by atoms with Crippen LogP contribution in [0.3, 0.4) is 0 Å². The second-order valence-corrected chi connectivity index (χ2v) is 7.84. The van der Waals surface area contributed by atoms with Crippen LogP contribution in [0.5, 0.6) is 0 Å². The van der Waals surface area contributed by atoms with Crippen molar-refractivity contribution in [3.63, 3.8) is 0 Å². The van der Waals surface area contributed by atoms with Gasteiger partial charge in [-0.1, -0.05) is 29.3 Å². The zero-order valence-corrected chi connectivity index (χ0v) is 15.2. The Kier molecular flexibility index (Phi) is 4.06. The van der Waals surface area contributed by atoms with Crippen molar-refractivity contribution in [2.24, 2.45) is 0 Å². The van der Waals surface area contributed by atoms with Gasteiger partial charge in [0.15, 0.2) is 0 Å². The van der Waals surface area contributed by atoms with E-state index < -0.39 is 10.0 Å². The summed E-state index contributed by atoms with van der Waals surface area (Å²) in [6, 6.07) is 9.40. The van der Waals surface area contributed by atoms with Crippen LogP contribution in [0.1, 0.15) is 0 Å². The van der Waals surface area contributed by atoms with Gasteiger partial charge in [-0.25, -0.2) is 13.1 Å². The predicted octanol–water partition coefficient (Wildman–Crippen LogP) is 3.25. The normalized spacial score (nSPS) is 11.8. The van der Waals surface area contributed by atoms with Gasteiger partial charge in [-0.3, -0.25) is 4.72 Å². The molecule has 2 heterocycles. The highest BCUT2D eigenvalue weighted by Crippen LogP contribution is 2.35. The van der Waals surface area contributed by atoms with Gasteiger partial charge in [0.25, 0.3) is 10.0 Å². The Hall–Kier alpha value is -2.62. The Morgan fingerprint density at radius 3 is 2.73 bits per heavy atom. The lowest BCUT2D eigenvalue weighted by Crippen LogP contribution is -2.13. The van der Waals surface area contributed by atoms with Crippen molar-refractivity contribution >= 4 is 49.8 Å². The van der Waals surface area contributed by atoms with Crippen LogP contribution in [-0.4, -0.2) is 33.6 Å². The molecule has 0 radical (unpaired) electrons. The van der Waals surface area contributed by atoms with E-state index in [1.165, 1.54) is 23.1 Å². The maximum absolute atomic E-state index is 12.8. The second-order valence-electron chi connectivity index (χ2n) is 5.34. The third-order valence-corrected chi connectivity index (χ3v) is 5.70. The lowest BCUT2D eigenvalue weighted by atomic mass is 10.2. The van der Waals surface area contributed by atoms with E-state index in [4.69, 9.17) is 23.2 Å². The van der Waals surface area contributed by atoms with Crippen molar-refractivity contribution in [3.05, 3.63) is 59.0 Å². The highest BCUT2D eigenvalue weighted by atomic mass is 35.5. The molecule has 2 N–H and O–H groups in total. The van der Waals surface area contributed by atoms with Crippen LogP contribution in [-0.2, 0) is 10.0 Å². The van der Waals surface area contributed by atoms with E-state index in [0.717, 1.165) is 0 Å². The molecule has 132 valence electrons. The molecule has 0 aliphatic carbocycles. The maximum Gasteiger partial charge on any atom is 0.262 e. The Morgan fingerprint density at radius 2 is 1.96 bits per heavy atom. The molecular weight excluding hydrogens is 399 g/mol. The summed E-state index contributed by atoms with van der Waals surface area (Å²) < 4.78 is 29.5. The van der Waals surface area contributed by atoms with Gasteiger partial charge in [-0.2, -0.15) is 0 Å². The van der Waals surface area contributed by atoms with E-state index >= 15 is 0 Å². The minimum absolute atomic E-state index is 0.0613. The number of fused-ring (bicyclic) bond motifs is 1. The van der Waals surface area contributed by atoms with E-state index in [1.807, 2.05) is 0 Å². The number of anilines is 1. The first-order valence-electron chi connectivity index (χ1n) is 7.27. The number of nitrogens with zero attached hydrogens (tertiary/aromatic N) is 4. The first-order valence-corrected chi connectivity index (χ1v) is 9.51. The number of rotatable bonds is 4. The lowest BCUT2D eigenvalue weighted by Gasteiger charge is -2.11. The molecule has 0 fully saturated rings. The minimum Gasteiger partial charge on any atom is -0.358 e. The predicted molar refractivity (Wildman–Crippen MR) is 98.3 cm³/mol. The van der Waals surface area contributed by atoms with Gasteiger partial charge in [0.2, 0.25) is 0 Å². The molecule has 4 rings (SSSR count). The standard InChI is InChI=1S/C15H10Cl2N6O2S/c16-11-4-5-13(15-14(11)12(17)7-18-15)20-26(24,25)10-3-1-2-9(6-10)23-8-19-21-22-23/h1-8,18,20H. The number of sulfonamides is 1. The molecule has 0 bridgehead atoms. The van der Waals surface area contributed by atoms with E-state index in [9.17, 15) is 8.42 Å². The van der Waals surface area contributed by atoms with Gasteiger partial charge in [-0.15, -0.1) is 5.10 Å². The molecule has 4 aromatic rings. The molecule has 2 aromatic carbocycles. The molecule has 8 nitrogen and oxygen atoms in total. The van der Waals surface area contributed by atoms with Gasteiger partial charge < -0.3 is 4.98 Å². The van der Waals surface area contributed by atoms with Gasteiger partial charge in [0.1, 0.15) is 6.33 Å². The maximum atomic E-state index is 12.8. The first-order chi connectivity index (χ1) is 12.5. The summed E-state index contributed by atoms with van der Waals surface area (Å²) in [5.74, 6) is 0. The van der Waals surface area contributed by atoms with Crippen LogP contribution >= 0.6 is 23.2 Å². The summed E-state index contributed by atoms with van der Waals surface area (Å²) >= 11 is 12.2. The van der Waals surface area contributed by atoms with Crippen molar-refractivity contribution in [2.75, 3.05) is 4.72 Å². The van der Waals surface area contributed by atoms with E-state index in [1.54, 1.807) is 30.5 Å². The third-order valence-electron chi connectivity index (χ3n) is 3.72. The van der Waals surface area contributed by atoms with Crippen LogP contribution in [0.15, 0.2) is 53.8 Å². The van der Waals surface area contributed by atoms with Crippen molar-refractivity contribution in [1.29, 1.82) is 0 Å². The number of H-pyrrole nitrogens is 1. The Labute approximate surface area is 157 Å². The summed E-state index contributed by atoms with van der Waals surface area (Å²) in [5.41, 5.74) is 1.36. The van der Waals surface area contributed by atoms with Crippen molar-refractivity contribution in [1.82, 2.24) is 25.2 Å². The van der Waals surface area contributed by atoms with Gasteiger partial charge in [-0.05, 0) is 40.8 Å². The SMILES string of the molecule is O=S(=O)(Nc1ccc(Cl)c2c(Cl)c[nH]c12)c1cccc(-n2cnnn2)c1. The van der Waals surface area contributed by atoms with Gasteiger partial charge in [0.05, 0.1) is 31.8 Å². The zero-order valence-electron chi connectivity index (χ0n) is 12.9. The fraction of sp³-hybridized carbons (Fsp3) is 0. The molecule has 0 saturated heterocycles. The highest BCUT2D eigenvalue weighted by molar-refractivity contribution is 7.92. The topological polar surface area (TPSA) is 106 Å². The number of benzene rings is 2. The third kappa shape index (κ3) is 2.90. The Balaban J connectivity index is 1.75. The fourth-order valence-corrected chi connectivity index (χ4v) is 4.20. The molecule has 0 unspecified atom stereocenters. The van der Waals surface area contributed by atoms with Crippen molar-refractivity contribution in [2.45, 2.75) is 4.90 Å². The number of aromatic nitrogens is 5. The highest BCUT2D eigenvalue weighted by Gasteiger charge is 2.18. The fourth-order valence-electron chi connectivity index (χ4n) is 2.53. The summed E-state index contributed by atoms with van der Waals surface area (Å²) in [6.07, 6.45) is 2.93. The Bertz CT molecular complexity index is 1200. The lowest BCUT2D eigenvalue weighted by molar-refractivity contribution is 0.601. The van der Waals surface area contributed by atoms with Gasteiger partial charge in [0, 0.05) is 11.6 Å². The number of nitrogens with one attached hydrogen (secondary N) is 2. The molecule has 26 heavy (non-hydrogen) atoms. The second kappa shape index (κ2) is 6.27. The molecule has 0 aliphatic heterocycles. The molecule has 0 atom stereocenters. The van der Waals surface area contributed by atoms with E-state index in [0.29, 0.717) is 32.3 Å². The number of halogens is 2. The molecule has 2 aromatic heterocycles. The molecule has 0 amide bonds. The largest absolute Gasteiger partial charge is 0.358 e. The summed E-state index contributed by atoms with van der Waals surface area (Å²) in [6.45, 7) is 0.